The van der Waals surface area contributed by atoms with Crippen molar-refractivity contribution in [3.63, 3.8) is 0 Å². The van der Waals surface area contributed by atoms with E-state index in [0.29, 0.717) is 24.4 Å². The quantitative estimate of drug-likeness (QED) is 0.123. The average molecular weight is 409 g/mol. The minimum atomic E-state index is -0.272. The Hall–Kier alpha value is -1.58. The fraction of sp³-hybridized carbons (Fsp3) is 0.760. The van der Waals surface area contributed by atoms with Crippen molar-refractivity contribution in [2.75, 3.05) is 13.2 Å². The third-order valence-electron chi connectivity index (χ3n) is 4.95. The summed E-state index contributed by atoms with van der Waals surface area (Å²) < 4.78 is 10.2. The molecule has 0 aromatic rings. The van der Waals surface area contributed by atoms with Crippen LogP contribution in [0.15, 0.2) is 24.3 Å². The Morgan fingerprint density at radius 2 is 0.690 bits per heavy atom. The lowest BCUT2D eigenvalue weighted by atomic mass is 10.0. The molecule has 0 atom stereocenters. The highest BCUT2D eigenvalue weighted by Crippen LogP contribution is 2.13. The fourth-order valence-corrected chi connectivity index (χ4v) is 3.08. The Morgan fingerprint density at radius 3 is 0.897 bits per heavy atom. The maximum Gasteiger partial charge on any atom is 0.333 e. The van der Waals surface area contributed by atoms with Gasteiger partial charge in [-0.2, -0.15) is 0 Å². The first kappa shape index (κ1) is 27.4. The minimum absolute atomic E-state index is 0.272. The van der Waals surface area contributed by atoms with Crippen LogP contribution in [0.5, 0.6) is 0 Å². The number of carbonyl (C=O) groups excluding carboxylic acids is 2. The average Bonchev–Trinajstić information content (AvgIpc) is 2.69. The Morgan fingerprint density at radius 1 is 0.483 bits per heavy atom. The van der Waals surface area contributed by atoms with Crippen LogP contribution in [0.2, 0.25) is 0 Å². The van der Waals surface area contributed by atoms with E-state index < -0.39 is 0 Å². The number of hydrogen-bond donors (Lipinski definition) is 0. The van der Waals surface area contributed by atoms with Gasteiger partial charge >= 0.3 is 11.9 Å². The fourth-order valence-electron chi connectivity index (χ4n) is 3.08. The zero-order valence-electron chi connectivity index (χ0n) is 19.1. The Balaban J connectivity index is 3.13. The summed E-state index contributed by atoms with van der Waals surface area (Å²) in [5.41, 5.74) is 0.951. The van der Waals surface area contributed by atoms with Gasteiger partial charge < -0.3 is 9.47 Å². The summed E-state index contributed by atoms with van der Waals surface area (Å²) in [5.74, 6) is -0.543. The second-order valence-electron chi connectivity index (χ2n) is 8.14. The van der Waals surface area contributed by atoms with Crippen LogP contribution in [0.3, 0.4) is 0 Å². The first-order valence-electron chi connectivity index (χ1n) is 11.6. The van der Waals surface area contributed by atoms with Crippen molar-refractivity contribution in [1.29, 1.82) is 0 Å². The second kappa shape index (κ2) is 19.7. The van der Waals surface area contributed by atoms with Crippen molar-refractivity contribution in [2.45, 2.75) is 110 Å². The zero-order chi connectivity index (χ0) is 21.7. The SMILES string of the molecule is C=C(C)C(=O)OCCCCCCCCCCCCCCCCCOC(=O)C(=C)C. The van der Waals surface area contributed by atoms with E-state index in [4.69, 9.17) is 9.47 Å². The molecule has 0 heterocycles. The van der Waals surface area contributed by atoms with E-state index in [0.717, 1.165) is 25.7 Å². The Labute approximate surface area is 179 Å². The van der Waals surface area contributed by atoms with Gasteiger partial charge in [0.25, 0.3) is 0 Å². The molecule has 0 N–H and O–H groups in total. The van der Waals surface area contributed by atoms with Crippen LogP contribution in [0, 0.1) is 0 Å². The van der Waals surface area contributed by atoms with Gasteiger partial charge in [0.1, 0.15) is 0 Å². The van der Waals surface area contributed by atoms with Crippen LogP contribution in [0.1, 0.15) is 110 Å². The summed E-state index contributed by atoms with van der Waals surface area (Å²) in [6, 6.07) is 0. The van der Waals surface area contributed by atoms with Crippen LogP contribution in [-0.2, 0) is 19.1 Å². The molecule has 0 aromatic heterocycles. The first-order valence-corrected chi connectivity index (χ1v) is 11.6. The first-order chi connectivity index (χ1) is 13.9. The molecule has 0 rings (SSSR count). The van der Waals surface area contributed by atoms with E-state index in [-0.39, 0.29) is 11.9 Å². The van der Waals surface area contributed by atoms with E-state index in [9.17, 15) is 9.59 Å². The molecule has 0 aliphatic heterocycles. The summed E-state index contributed by atoms with van der Waals surface area (Å²) in [7, 11) is 0. The molecular weight excluding hydrogens is 364 g/mol. The standard InChI is InChI=1S/C25H44O4/c1-22(2)24(26)28-20-18-16-14-12-10-8-6-5-7-9-11-13-15-17-19-21-29-25(27)23(3)4/h1,3,5-21H2,2,4H3. The zero-order valence-corrected chi connectivity index (χ0v) is 19.1. The molecule has 0 aliphatic rings. The minimum Gasteiger partial charge on any atom is -0.462 e. The normalized spacial score (nSPS) is 10.6. The monoisotopic (exact) mass is 408 g/mol. The van der Waals surface area contributed by atoms with Gasteiger partial charge in [0, 0.05) is 11.1 Å². The molecule has 0 saturated heterocycles. The molecule has 0 spiro atoms. The molecule has 4 heteroatoms. The van der Waals surface area contributed by atoms with Crippen molar-refractivity contribution < 1.29 is 19.1 Å². The predicted molar refractivity (Wildman–Crippen MR) is 121 cm³/mol. The molecule has 0 unspecified atom stereocenters. The largest absolute Gasteiger partial charge is 0.462 e. The molecule has 0 aliphatic carbocycles. The van der Waals surface area contributed by atoms with Crippen molar-refractivity contribution in [1.82, 2.24) is 0 Å². The second-order valence-corrected chi connectivity index (χ2v) is 8.14. The van der Waals surface area contributed by atoms with E-state index in [1.165, 1.54) is 70.6 Å². The molecule has 4 nitrogen and oxygen atoms in total. The number of carbonyl (C=O) groups is 2. The van der Waals surface area contributed by atoms with Crippen molar-refractivity contribution in [3.05, 3.63) is 24.3 Å². The van der Waals surface area contributed by atoms with Crippen molar-refractivity contribution >= 4 is 11.9 Å². The Kier molecular flexibility index (Phi) is 18.6. The van der Waals surface area contributed by atoms with Gasteiger partial charge in [0.05, 0.1) is 13.2 Å². The van der Waals surface area contributed by atoms with Gasteiger partial charge in [-0.15, -0.1) is 0 Å². The molecule has 0 bridgehead atoms. The van der Waals surface area contributed by atoms with Gasteiger partial charge in [-0.05, 0) is 26.7 Å². The van der Waals surface area contributed by atoms with Gasteiger partial charge in [-0.25, -0.2) is 9.59 Å². The maximum atomic E-state index is 11.2. The van der Waals surface area contributed by atoms with Crippen molar-refractivity contribution in [3.8, 4) is 0 Å². The highest BCUT2D eigenvalue weighted by Gasteiger charge is 2.02. The summed E-state index contributed by atoms with van der Waals surface area (Å²) in [5, 5.41) is 0. The molecule has 0 amide bonds. The van der Waals surface area contributed by atoms with Crippen LogP contribution in [0.25, 0.3) is 0 Å². The Bertz CT molecular complexity index is 425. The molecule has 0 saturated carbocycles. The summed E-state index contributed by atoms with van der Waals surface area (Å²) in [6.45, 7) is 11.5. The number of unbranched alkanes of at least 4 members (excludes halogenated alkanes) is 14. The van der Waals surface area contributed by atoms with E-state index >= 15 is 0 Å². The number of hydrogen-bond acceptors (Lipinski definition) is 4. The van der Waals surface area contributed by atoms with Gasteiger partial charge in [0.2, 0.25) is 0 Å². The molecule has 0 fully saturated rings. The number of esters is 2. The van der Waals surface area contributed by atoms with Gasteiger partial charge in [-0.3, -0.25) is 0 Å². The van der Waals surface area contributed by atoms with E-state index in [1.54, 1.807) is 13.8 Å². The molecular formula is C25H44O4. The van der Waals surface area contributed by atoms with Crippen LogP contribution < -0.4 is 0 Å². The topological polar surface area (TPSA) is 52.6 Å². The van der Waals surface area contributed by atoms with Crippen molar-refractivity contribution in [2.24, 2.45) is 0 Å². The summed E-state index contributed by atoms with van der Waals surface area (Å²) in [6.07, 6.45) is 18.6. The summed E-state index contributed by atoms with van der Waals surface area (Å²) >= 11 is 0. The lowest BCUT2D eigenvalue weighted by Gasteiger charge is -2.05. The van der Waals surface area contributed by atoms with E-state index in [2.05, 4.69) is 13.2 Å². The van der Waals surface area contributed by atoms with E-state index in [1.807, 2.05) is 0 Å². The van der Waals surface area contributed by atoms with Gasteiger partial charge in [0.15, 0.2) is 0 Å². The maximum absolute atomic E-state index is 11.2. The third kappa shape index (κ3) is 19.5. The highest BCUT2D eigenvalue weighted by molar-refractivity contribution is 5.87. The van der Waals surface area contributed by atoms with Crippen LogP contribution >= 0.6 is 0 Å². The van der Waals surface area contributed by atoms with Crippen LogP contribution in [-0.4, -0.2) is 25.2 Å². The molecule has 0 radical (unpaired) electrons. The van der Waals surface area contributed by atoms with Gasteiger partial charge in [-0.1, -0.05) is 96.6 Å². The molecule has 29 heavy (non-hydrogen) atoms. The third-order valence-corrected chi connectivity index (χ3v) is 4.95. The molecule has 0 aromatic carbocycles. The smallest absolute Gasteiger partial charge is 0.333 e. The number of ether oxygens (including phenoxy) is 2. The predicted octanol–water partition coefficient (Wildman–Crippen LogP) is 7.08. The van der Waals surface area contributed by atoms with Crippen LogP contribution in [0.4, 0.5) is 0 Å². The summed E-state index contributed by atoms with van der Waals surface area (Å²) in [4.78, 5) is 22.4. The lowest BCUT2D eigenvalue weighted by Crippen LogP contribution is -2.05. The molecule has 168 valence electrons. The number of rotatable bonds is 20. The highest BCUT2D eigenvalue weighted by atomic mass is 16.5. The lowest BCUT2D eigenvalue weighted by molar-refractivity contribution is -0.139.